The highest BCUT2D eigenvalue weighted by Crippen LogP contribution is 2.23. The maximum absolute atomic E-state index is 12.4. The lowest BCUT2D eigenvalue weighted by Crippen LogP contribution is -2.39. The topological polar surface area (TPSA) is 73.9 Å². The van der Waals surface area contributed by atoms with Crippen molar-refractivity contribution >= 4 is 29.2 Å². The molecule has 0 bridgehead atoms. The van der Waals surface area contributed by atoms with Crippen LogP contribution in [0.4, 0.5) is 26.7 Å². The highest BCUT2D eigenvalue weighted by Gasteiger charge is 2.25. The molecule has 2 aliphatic rings. The molecule has 2 aromatic rings. The first kappa shape index (κ1) is 17.2. The quantitative estimate of drug-likeness (QED) is 0.872. The van der Waals surface area contributed by atoms with Gasteiger partial charge in [0.2, 0.25) is 0 Å². The molecule has 0 aliphatic carbocycles. The molecular formula is C20H22N4O3. The summed E-state index contributed by atoms with van der Waals surface area (Å²) in [5.41, 5.74) is 2.53. The van der Waals surface area contributed by atoms with Crippen LogP contribution >= 0.6 is 0 Å². The van der Waals surface area contributed by atoms with Gasteiger partial charge in [-0.1, -0.05) is 24.3 Å². The molecule has 4 rings (SSSR count). The number of urea groups is 1. The van der Waals surface area contributed by atoms with E-state index < -0.39 is 0 Å². The average molecular weight is 366 g/mol. The number of anilines is 3. The van der Waals surface area contributed by atoms with E-state index in [-0.39, 0.29) is 18.2 Å². The summed E-state index contributed by atoms with van der Waals surface area (Å²) in [6.07, 6.45) is 0.547. The van der Waals surface area contributed by atoms with E-state index in [1.165, 1.54) is 5.69 Å². The van der Waals surface area contributed by atoms with Crippen molar-refractivity contribution in [2.24, 2.45) is 0 Å². The Balaban J connectivity index is 1.33. The van der Waals surface area contributed by atoms with E-state index in [2.05, 4.69) is 27.7 Å². The molecule has 2 aromatic carbocycles. The van der Waals surface area contributed by atoms with Gasteiger partial charge in [0.05, 0.1) is 6.54 Å². The number of hydrogen-bond donors (Lipinski definition) is 2. The first-order valence-electron chi connectivity index (χ1n) is 9.11. The zero-order valence-electron chi connectivity index (χ0n) is 14.9. The molecule has 140 valence electrons. The van der Waals surface area contributed by atoms with Crippen LogP contribution in [0.3, 0.4) is 0 Å². The molecule has 0 aromatic heterocycles. The van der Waals surface area contributed by atoms with Crippen LogP contribution in [0.15, 0.2) is 54.6 Å². The molecule has 0 spiro atoms. The van der Waals surface area contributed by atoms with Crippen LogP contribution in [0.2, 0.25) is 0 Å². The number of amides is 3. The lowest BCUT2D eigenvalue weighted by molar-refractivity contribution is 0.181. The third-order valence-corrected chi connectivity index (χ3v) is 4.82. The number of rotatable bonds is 4. The van der Waals surface area contributed by atoms with Crippen molar-refractivity contribution < 1.29 is 14.3 Å². The number of cyclic esters (lactones) is 1. The van der Waals surface area contributed by atoms with Crippen molar-refractivity contribution in [1.29, 1.82) is 0 Å². The van der Waals surface area contributed by atoms with Crippen LogP contribution in [0, 0.1) is 0 Å². The second-order valence-corrected chi connectivity index (χ2v) is 6.68. The molecule has 27 heavy (non-hydrogen) atoms. The Bertz CT molecular complexity index is 827. The Kier molecular flexibility index (Phi) is 4.82. The van der Waals surface area contributed by atoms with E-state index in [1.54, 1.807) is 17.0 Å². The molecule has 7 nitrogen and oxygen atoms in total. The van der Waals surface area contributed by atoms with Crippen LogP contribution in [0.1, 0.15) is 6.42 Å². The molecule has 2 saturated heterocycles. The van der Waals surface area contributed by atoms with E-state index in [1.807, 2.05) is 30.3 Å². The Labute approximate surface area is 157 Å². The van der Waals surface area contributed by atoms with Gasteiger partial charge in [-0.15, -0.1) is 0 Å². The monoisotopic (exact) mass is 366 g/mol. The summed E-state index contributed by atoms with van der Waals surface area (Å²) in [4.78, 5) is 27.9. The van der Waals surface area contributed by atoms with E-state index >= 15 is 0 Å². The lowest BCUT2D eigenvalue weighted by Gasteiger charge is -2.19. The van der Waals surface area contributed by atoms with Gasteiger partial charge >= 0.3 is 12.1 Å². The van der Waals surface area contributed by atoms with E-state index in [4.69, 9.17) is 4.74 Å². The first-order valence-corrected chi connectivity index (χ1v) is 9.11. The van der Waals surface area contributed by atoms with E-state index in [0.29, 0.717) is 24.5 Å². The SMILES string of the molecule is O=C(Nc1cccc(N2CCOC2=O)c1)N[C@H]1CCN(c2ccccc2)C1. The van der Waals surface area contributed by atoms with Crippen molar-refractivity contribution in [3.63, 3.8) is 0 Å². The molecule has 2 fully saturated rings. The number of para-hydroxylation sites is 1. The molecule has 0 radical (unpaired) electrons. The van der Waals surface area contributed by atoms with E-state index in [9.17, 15) is 9.59 Å². The third-order valence-electron chi connectivity index (χ3n) is 4.82. The van der Waals surface area contributed by atoms with Gasteiger partial charge in [-0.3, -0.25) is 4.90 Å². The fourth-order valence-electron chi connectivity index (χ4n) is 3.48. The second-order valence-electron chi connectivity index (χ2n) is 6.68. The van der Waals surface area contributed by atoms with Gasteiger partial charge in [0, 0.05) is 36.2 Å². The van der Waals surface area contributed by atoms with Crippen LogP contribution in [-0.2, 0) is 4.74 Å². The predicted octanol–water partition coefficient (Wildman–Crippen LogP) is 3.04. The van der Waals surface area contributed by atoms with Crippen LogP contribution in [-0.4, -0.2) is 44.4 Å². The van der Waals surface area contributed by atoms with Crippen molar-refractivity contribution in [2.45, 2.75) is 12.5 Å². The summed E-state index contributed by atoms with van der Waals surface area (Å²) < 4.78 is 4.96. The van der Waals surface area contributed by atoms with Gasteiger partial charge in [0.15, 0.2) is 0 Å². The number of hydrogen-bond acceptors (Lipinski definition) is 4. The first-order chi connectivity index (χ1) is 13.2. The van der Waals surface area contributed by atoms with E-state index in [0.717, 1.165) is 19.5 Å². The number of carbonyl (C=O) groups is 2. The van der Waals surface area contributed by atoms with Crippen molar-refractivity contribution in [1.82, 2.24) is 5.32 Å². The molecule has 3 amide bonds. The predicted molar refractivity (Wildman–Crippen MR) is 104 cm³/mol. The van der Waals surface area contributed by atoms with Gasteiger partial charge in [0.25, 0.3) is 0 Å². The summed E-state index contributed by atoms with van der Waals surface area (Å²) in [5.74, 6) is 0. The van der Waals surface area contributed by atoms with Crippen molar-refractivity contribution in [3.8, 4) is 0 Å². The summed E-state index contributed by atoms with van der Waals surface area (Å²) in [6.45, 7) is 2.61. The Morgan fingerprint density at radius 2 is 1.85 bits per heavy atom. The summed E-state index contributed by atoms with van der Waals surface area (Å²) in [5, 5.41) is 5.88. The summed E-state index contributed by atoms with van der Waals surface area (Å²) >= 11 is 0. The van der Waals surface area contributed by atoms with Gasteiger partial charge in [-0.2, -0.15) is 0 Å². The number of benzene rings is 2. The molecular weight excluding hydrogens is 344 g/mol. The largest absolute Gasteiger partial charge is 0.447 e. The summed E-state index contributed by atoms with van der Waals surface area (Å²) in [7, 11) is 0. The number of nitrogens with zero attached hydrogens (tertiary/aromatic N) is 2. The lowest BCUT2D eigenvalue weighted by atomic mass is 10.2. The third kappa shape index (κ3) is 3.97. The number of carbonyl (C=O) groups excluding carboxylic acids is 2. The smallest absolute Gasteiger partial charge is 0.414 e. The van der Waals surface area contributed by atoms with Crippen LogP contribution in [0.5, 0.6) is 0 Å². The summed E-state index contributed by atoms with van der Waals surface area (Å²) in [6, 6.07) is 17.3. The molecule has 0 unspecified atom stereocenters. The zero-order valence-corrected chi connectivity index (χ0v) is 14.9. The molecule has 7 heteroatoms. The fraction of sp³-hybridized carbons (Fsp3) is 0.300. The van der Waals surface area contributed by atoms with Crippen molar-refractivity contribution in [2.75, 3.05) is 41.4 Å². The van der Waals surface area contributed by atoms with Crippen LogP contribution in [0.25, 0.3) is 0 Å². The second kappa shape index (κ2) is 7.57. The fourth-order valence-corrected chi connectivity index (χ4v) is 3.48. The average Bonchev–Trinajstić information content (AvgIpc) is 3.31. The van der Waals surface area contributed by atoms with Gasteiger partial charge < -0.3 is 20.3 Å². The zero-order chi connectivity index (χ0) is 18.6. The van der Waals surface area contributed by atoms with Gasteiger partial charge in [0.1, 0.15) is 6.61 Å². The Morgan fingerprint density at radius 1 is 1.04 bits per heavy atom. The maximum Gasteiger partial charge on any atom is 0.414 e. The minimum absolute atomic E-state index is 0.0990. The normalized spacial score (nSPS) is 19.1. The molecule has 0 saturated carbocycles. The standard InChI is InChI=1S/C20H22N4O3/c25-19(22-16-9-10-23(14-16)17-6-2-1-3-7-17)21-15-5-4-8-18(13-15)24-11-12-27-20(24)26/h1-8,13,16H,9-12,14H2,(H2,21,22,25)/t16-/m0/s1. The molecule has 1 atom stereocenters. The number of nitrogens with one attached hydrogen (secondary N) is 2. The van der Waals surface area contributed by atoms with Crippen molar-refractivity contribution in [3.05, 3.63) is 54.6 Å². The maximum atomic E-state index is 12.4. The Morgan fingerprint density at radius 3 is 2.63 bits per heavy atom. The van der Waals surface area contributed by atoms with Crippen LogP contribution < -0.4 is 20.4 Å². The minimum Gasteiger partial charge on any atom is -0.447 e. The van der Waals surface area contributed by atoms with Gasteiger partial charge in [-0.25, -0.2) is 9.59 Å². The molecule has 2 aliphatic heterocycles. The highest BCUT2D eigenvalue weighted by molar-refractivity contribution is 5.93. The van der Waals surface area contributed by atoms with Gasteiger partial charge in [-0.05, 0) is 36.8 Å². The Hall–Kier alpha value is -3.22. The number of ether oxygens (including phenoxy) is 1. The molecule has 2 heterocycles. The minimum atomic E-state index is -0.358. The highest BCUT2D eigenvalue weighted by atomic mass is 16.6. The molecule has 2 N–H and O–H groups in total.